The lowest BCUT2D eigenvalue weighted by Gasteiger charge is -2.18. The summed E-state index contributed by atoms with van der Waals surface area (Å²) in [5.74, 6) is -6.49. The van der Waals surface area contributed by atoms with Crippen LogP contribution in [0.4, 0.5) is 26.3 Å². The summed E-state index contributed by atoms with van der Waals surface area (Å²) >= 11 is 0. The van der Waals surface area contributed by atoms with Gasteiger partial charge in [0, 0.05) is 0 Å². The van der Waals surface area contributed by atoms with Gasteiger partial charge in [0.2, 0.25) is 0 Å². The molecular formula is C3F6O4S2. The maximum absolute atomic E-state index is 12.3. The molecule has 0 saturated carbocycles. The lowest BCUT2D eigenvalue weighted by Crippen LogP contribution is -2.48. The first-order valence-corrected chi connectivity index (χ1v) is 6.36. The highest BCUT2D eigenvalue weighted by Crippen LogP contribution is 2.60. The molecule has 1 saturated heterocycles. The van der Waals surface area contributed by atoms with Crippen molar-refractivity contribution in [2.75, 3.05) is 0 Å². The molecule has 1 aliphatic rings. The topological polar surface area (TPSA) is 68.3 Å². The van der Waals surface area contributed by atoms with Gasteiger partial charge in [-0.3, -0.25) is 0 Å². The first kappa shape index (κ1) is 12.5. The van der Waals surface area contributed by atoms with Crippen molar-refractivity contribution in [2.24, 2.45) is 0 Å². The summed E-state index contributed by atoms with van der Waals surface area (Å²) in [6.07, 6.45) is 0. The molecular weight excluding hydrogens is 278 g/mol. The van der Waals surface area contributed by atoms with Crippen LogP contribution in [0.3, 0.4) is 0 Å². The number of rotatable bonds is 0. The van der Waals surface area contributed by atoms with E-state index >= 15 is 0 Å². The van der Waals surface area contributed by atoms with Crippen LogP contribution >= 0.6 is 0 Å². The molecule has 12 heteroatoms. The third-order valence-corrected chi connectivity index (χ3v) is 6.98. The maximum atomic E-state index is 12.3. The molecule has 0 amide bonds. The largest absolute Gasteiger partial charge is 0.429 e. The van der Waals surface area contributed by atoms with E-state index in [0.29, 0.717) is 0 Å². The molecule has 0 unspecified atom stereocenters. The van der Waals surface area contributed by atoms with Gasteiger partial charge in [-0.15, -0.1) is 0 Å². The monoisotopic (exact) mass is 278 g/mol. The van der Waals surface area contributed by atoms with E-state index in [0.717, 1.165) is 0 Å². The first-order valence-electron chi connectivity index (χ1n) is 2.88. The highest BCUT2D eigenvalue weighted by molar-refractivity contribution is 8.68. The number of hydrogen-bond donors (Lipinski definition) is 0. The second kappa shape index (κ2) is 2.42. The van der Waals surface area contributed by atoms with E-state index in [1.54, 1.807) is 0 Å². The Morgan fingerprint density at radius 2 is 0.800 bits per heavy atom. The van der Waals surface area contributed by atoms with Crippen molar-refractivity contribution in [2.45, 2.75) is 16.4 Å². The number of halogens is 6. The van der Waals surface area contributed by atoms with E-state index in [4.69, 9.17) is 0 Å². The molecule has 0 atom stereocenters. The highest BCUT2D eigenvalue weighted by atomic mass is 33.2. The molecule has 0 aromatic rings. The Kier molecular flexibility index (Phi) is 2.02. The molecule has 1 aliphatic heterocycles. The van der Waals surface area contributed by atoms with Crippen LogP contribution in [-0.2, 0) is 17.7 Å². The van der Waals surface area contributed by atoms with Gasteiger partial charge in [-0.05, 0) is 0 Å². The quantitative estimate of drug-likeness (QED) is 0.480. The Morgan fingerprint density at radius 1 is 0.600 bits per heavy atom. The van der Waals surface area contributed by atoms with Crippen LogP contribution in [-0.4, -0.2) is 33.3 Å². The molecule has 0 spiro atoms. The minimum Gasteiger partial charge on any atom is -0.206 e. The van der Waals surface area contributed by atoms with Crippen molar-refractivity contribution in [1.29, 1.82) is 0 Å². The fourth-order valence-corrected chi connectivity index (χ4v) is 4.54. The van der Waals surface area contributed by atoms with E-state index in [2.05, 4.69) is 0 Å². The van der Waals surface area contributed by atoms with Crippen LogP contribution in [0.2, 0.25) is 0 Å². The van der Waals surface area contributed by atoms with Crippen LogP contribution in [0, 0.1) is 0 Å². The van der Waals surface area contributed by atoms with E-state index in [1.165, 1.54) is 0 Å². The van der Waals surface area contributed by atoms with Gasteiger partial charge in [-0.25, -0.2) is 16.8 Å². The highest BCUT2D eigenvalue weighted by Gasteiger charge is 2.93. The van der Waals surface area contributed by atoms with Gasteiger partial charge in [0.25, 0.3) is 0 Å². The zero-order valence-electron chi connectivity index (χ0n) is 6.22. The zero-order chi connectivity index (χ0) is 12.5. The van der Waals surface area contributed by atoms with Crippen LogP contribution < -0.4 is 0 Å². The Bertz CT molecular complexity index is 454. The predicted molar refractivity (Wildman–Crippen MR) is 32.7 cm³/mol. The van der Waals surface area contributed by atoms with Crippen molar-refractivity contribution in [1.82, 2.24) is 0 Å². The van der Waals surface area contributed by atoms with Crippen LogP contribution in [0.5, 0.6) is 0 Å². The lowest BCUT2D eigenvalue weighted by atomic mass is 10.3. The van der Waals surface area contributed by atoms with Gasteiger partial charge < -0.3 is 0 Å². The molecule has 1 heterocycles. The number of hydrogen-bond acceptors (Lipinski definition) is 4. The summed E-state index contributed by atoms with van der Waals surface area (Å²) < 4.78 is 115. The molecule has 0 radical (unpaired) electrons. The first-order chi connectivity index (χ1) is 6.25. The molecule has 0 aliphatic carbocycles. The SMILES string of the molecule is O=S1(=O)C(F)(F)C(F)(F)C(F)(F)S1(=O)=O. The number of alkyl halides is 6. The van der Waals surface area contributed by atoms with Crippen molar-refractivity contribution < 1.29 is 43.2 Å². The van der Waals surface area contributed by atoms with Crippen molar-refractivity contribution in [3.05, 3.63) is 0 Å². The summed E-state index contributed by atoms with van der Waals surface area (Å²) in [6, 6.07) is 0. The molecule has 4 nitrogen and oxygen atoms in total. The van der Waals surface area contributed by atoms with Gasteiger partial charge in [0.05, 0.1) is 0 Å². The minimum atomic E-state index is -6.98. The fourth-order valence-electron chi connectivity index (χ4n) is 0.759. The smallest absolute Gasteiger partial charge is 0.206 e. The van der Waals surface area contributed by atoms with E-state index < -0.39 is 34.2 Å². The van der Waals surface area contributed by atoms with Crippen molar-refractivity contribution in [3.8, 4) is 0 Å². The molecule has 15 heavy (non-hydrogen) atoms. The predicted octanol–water partition coefficient (Wildman–Crippen LogP) is 0.566. The van der Waals surface area contributed by atoms with E-state index in [9.17, 15) is 43.2 Å². The Balaban J connectivity index is 3.89. The van der Waals surface area contributed by atoms with Crippen LogP contribution in [0.25, 0.3) is 0 Å². The Hall–Kier alpha value is -0.520. The summed E-state index contributed by atoms with van der Waals surface area (Å²) in [6.45, 7) is 0. The van der Waals surface area contributed by atoms with Crippen LogP contribution in [0.1, 0.15) is 0 Å². The molecule has 1 rings (SSSR count). The standard InChI is InChI=1S/C3F6O4S2/c4-1(5)2(6,7)14(10,11)15(12,13)3(1,8)9. The summed E-state index contributed by atoms with van der Waals surface area (Å²) in [5.41, 5.74) is 0. The summed E-state index contributed by atoms with van der Waals surface area (Å²) in [7, 11) is -14.0. The third-order valence-electron chi connectivity index (χ3n) is 1.65. The third kappa shape index (κ3) is 0.898. The maximum Gasteiger partial charge on any atom is 0.429 e. The summed E-state index contributed by atoms with van der Waals surface area (Å²) in [5, 5.41) is -12.7. The molecule has 0 aromatic carbocycles. The molecule has 0 aromatic heterocycles. The average Bonchev–Trinajstić information content (AvgIpc) is 2.04. The molecule has 90 valence electrons. The lowest BCUT2D eigenvalue weighted by molar-refractivity contribution is -0.236. The van der Waals surface area contributed by atoms with Gasteiger partial charge in [0.15, 0.2) is 0 Å². The average molecular weight is 278 g/mol. The fraction of sp³-hybridized carbons (Fsp3) is 1.00. The second-order valence-corrected chi connectivity index (χ2v) is 7.99. The second-order valence-electron chi connectivity index (χ2n) is 2.52. The normalized spacial score (nSPS) is 33.7. The van der Waals surface area contributed by atoms with Crippen LogP contribution in [0.15, 0.2) is 0 Å². The minimum absolute atomic E-state index is 6.34. The Labute approximate surface area is 78.1 Å². The van der Waals surface area contributed by atoms with Crippen molar-refractivity contribution >= 4 is 17.7 Å². The zero-order valence-corrected chi connectivity index (χ0v) is 7.85. The van der Waals surface area contributed by atoms with Crippen molar-refractivity contribution in [3.63, 3.8) is 0 Å². The van der Waals surface area contributed by atoms with Gasteiger partial charge in [0.1, 0.15) is 0 Å². The van der Waals surface area contributed by atoms with Gasteiger partial charge >= 0.3 is 34.2 Å². The molecule has 1 fully saturated rings. The van der Waals surface area contributed by atoms with E-state index in [-0.39, 0.29) is 0 Å². The summed E-state index contributed by atoms with van der Waals surface area (Å²) in [4.78, 5) is 0. The van der Waals surface area contributed by atoms with Gasteiger partial charge in [-0.2, -0.15) is 26.3 Å². The van der Waals surface area contributed by atoms with Gasteiger partial charge in [-0.1, -0.05) is 0 Å². The molecule has 0 bridgehead atoms. The molecule has 0 N–H and O–H groups in total. The van der Waals surface area contributed by atoms with E-state index in [1.807, 2.05) is 0 Å². The Morgan fingerprint density at radius 3 is 0.867 bits per heavy atom.